The van der Waals surface area contributed by atoms with Gasteiger partial charge in [-0.15, -0.1) is 0 Å². The number of oxazole rings is 1. The van der Waals surface area contributed by atoms with Gasteiger partial charge in [-0.1, -0.05) is 0 Å². The van der Waals surface area contributed by atoms with Crippen LogP contribution < -0.4 is 5.32 Å². The summed E-state index contributed by atoms with van der Waals surface area (Å²) in [7, 11) is 0. The number of aromatic nitrogens is 1. The topological polar surface area (TPSA) is 75.4 Å². The molecule has 0 spiro atoms. The van der Waals surface area contributed by atoms with Crippen molar-refractivity contribution < 1.29 is 14.0 Å². The summed E-state index contributed by atoms with van der Waals surface area (Å²) in [6.07, 6.45) is 2.14. The maximum Gasteiger partial charge on any atom is 0.247 e. The molecule has 1 aromatic rings. The van der Waals surface area contributed by atoms with Crippen LogP contribution in [-0.4, -0.2) is 33.8 Å². The average molecular weight is 263 g/mol. The van der Waals surface area contributed by atoms with Crippen LogP contribution in [0.4, 0.5) is 0 Å². The minimum atomic E-state index is -0.430. The lowest BCUT2D eigenvalue weighted by molar-refractivity contribution is -0.139. The van der Waals surface area contributed by atoms with Crippen LogP contribution in [0.2, 0.25) is 0 Å². The van der Waals surface area contributed by atoms with E-state index in [-0.39, 0.29) is 24.3 Å². The van der Waals surface area contributed by atoms with Crippen molar-refractivity contribution in [3.8, 4) is 0 Å². The van der Waals surface area contributed by atoms with Crippen molar-refractivity contribution in [2.75, 3.05) is 0 Å². The number of amides is 2. The molecule has 2 heterocycles. The Morgan fingerprint density at radius 1 is 1.37 bits per heavy atom. The minimum Gasteiger partial charge on any atom is -0.444 e. The highest BCUT2D eigenvalue weighted by atomic mass is 16.4. The Bertz CT molecular complexity index is 514. The van der Waals surface area contributed by atoms with Crippen LogP contribution >= 0.6 is 0 Å². The van der Waals surface area contributed by atoms with Crippen molar-refractivity contribution in [1.29, 1.82) is 0 Å². The first-order valence-corrected chi connectivity index (χ1v) is 6.58. The molecule has 2 aliphatic rings. The van der Waals surface area contributed by atoms with Crippen molar-refractivity contribution in [2.24, 2.45) is 0 Å². The molecule has 1 saturated heterocycles. The molecule has 1 aliphatic heterocycles. The van der Waals surface area contributed by atoms with Gasteiger partial charge in [-0.3, -0.25) is 19.8 Å². The summed E-state index contributed by atoms with van der Waals surface area (Å²) in [6, 6.07) is -0.279. The maximum absolute atomic E-state index is 12.1. The first kappa shape index (κ1) is 12.3. The Kier molecular flexibility index (Phi) is 2.89. The summed E-state index contributed by atoms with van der Waals surface area (Å²) in [5.41, 5.74) is 0.852. The second-order valence-corrected chi connectivity index (χ2v) is 5.22. The molecule has 1 N–H and O–H groups in total. The van der Waals surface area contributed by atoms with Gasteiger partial charge in [0.15, 0.2) is 0 Å². The predicted molar refractivity (Wildman–Crippen MR) is 66.1 cm³/mol. The van der Waals surface area contributed by atoms with E-state index in [1.165, 1.54) is 4.90 Å². The van der Waals surface area contributed by atoms with Crippen LogP contribution in [0.1, 0.15) is 36.6 Å². The van der Waals surface area contributed by atoms with Gasteiger partial charge in [-0.25, -0.2) is 4.98 Å². The number of imide groups is 1. The molecule has 3 rings (SSSR count). The van der Waals surface area contributed by atoms with Crippen LogP contribution in [-0.2, 0) is 16.1 Å². The lowest BCUT2D eigenvalue weighted by atomic mass is 10.2. The molecule has 0 aromatic carbocycles. The average Bonchev–Trinajstić information content (AvgIpc) is 3.07. The maximum atomic E-state index is 12.1. The zero-order valence-electron chi connectivity index (χ0n) is 11.1. The molecule has 1 saturated carbocycles. The second-order valence-electron chi connectivity index (χ2n) is 5.22. The first-order chi connectivity index (χ1) is 9.06. The number of nitrogens with zero attached hydrogens (tertiary/aromatic N) is 2. The van der Waals surface area contributed by atoms with E-state index in [4.69, 9.17) is 4.42 Å². The molecule has 2 fully saturated rings. The van der Waals surface area contributed by atoms with Gasteiger partial charge < -0.3 is 4.42 Å². The van der Waals surface area contributed by atoms with Crippen molar-refractivity contribution in [3.63, 3.8) is 0 Å². The van der Waals surface area contributed by atoms with E-state index in [1.54, 1.807) is 0 Å². The zero-order valence-corrected chi connectivity index (χ0v) is 11.1. The van der Waals surface area contributed by atoms with Gasteiger partial charge in [0.2, 0.25) is 17.7 Å². The summed E-state index contributed by atoms with van der Waals surface area (Å²) in [6.45, 7) is 4.10. The van der Waals surface area contributed by atoms with E-state index in [0.29, 0.717) is 12.4 Å². The molecule has 19 heavy (non-hydrogen) atoms. The molecule has 1 unspecified atom stereocenters. The van der Waals surface area contributed by atoms with Crippen molar-refractivity contribution >= 4 is 11.8 Å². The number of aryl methyl sites for hydroxylation is 2. The third kappa shape index (κ3) is 2.28. The molecule has 102 valence electrons. The highest BCUT2D eigenvalue weighted by Gasteiger charge is 2.45. The molecule has 0 radical (unpaired) electrons. The Balaban J connectivity index is 1.61. The van der Waals surface area contributed by atoms with Crippen LogP contribution in [0.25, 0.3) is 0 Å². The van der Waals surface area contributed by atoms with Crippen LogP contribution in [0, 0.1) is 13.8 Å². The number of hydrogen-bond acceptors (Lipinski definition) is 5. The number of rotatable bonds is 4. The lowest BCUT2D eigenvalue weighted by Crippen LogP contribution is -2.39. The van der Waals surface area contributed by atoms with E-state index in [9.17, 15) is 9.59 Å². The Morgan fingerprint density at radius 2 is 2.11 bits per heavy atom. The highest BCUT2D eigenvalue weighted by molar-refractivity contribution is 6.06. The number of likely N-dealkylation sites (tertiary alicyclic amines) is 1. The third-order valence-electron chi connectivity index (χ3n) is 3.67. The summed E-state index contributed by atoms with van der Waals surface area (Å²) in [4.78, 5) is 29.5. The zero-order chi connectivity index (χ0) is 13.6. The minimum absolute atomic E-state index is 0.0650. The monoisotopic (exact) mass is 263 g/mol. The largest absolute Gasteiger partial charge is 0.444 e. The van der Waals surface area contributed by atoms with E-state index in [1.807, 2.05) is 13.8 Å². The molecule has 2 amide bonds. The highest BCUT2D eigenvalue weighted by Crippen LogP contribution is 2.31. The van der Waals surface area contributed by atoms with Crippen molar-refractivity contribution in [2.45, 2.75) is 51.7 Å². The molecule has 1 aromatic heterocycles. The van der Waals surface area contributed by atoms with Crippen LogP contribution in [0.5, 0.6) is 0 Å². The van der Waals surface area contributed by atoms with E-state index >= 15 is 0 Å². The number of hydrogen-bond donors (Lipinski definition) is 1. The lowest BCUT2D eigenvalue weighted by Gasteiger charge is -2.13. The first-order valence-electron chi connectivity index (χ1n) is 6.58. The molecule has 1 atom stereocenters. The fourth-order valence-corrected chi connectivity index (χ4v) is 2.35. The standard InChI is InChI=1S/C13H17N3O3/c1-7-8(2)19-11(15-7)6-14-10-5-12(17)16(13(10)18)9-3-4-9/h9-10,14H,3-6H2,1-2H3. The van der Waals surface area contributed by atoms with Gasteiger partial charge in [0.25, 0.3) is 0 Å². The van der Waals surface area contributed by atoms with Gasteiger partial charge in [0.05, 0.1) is 24.7 Å². The number of carbonyl (C=O) groups excluding carboxylic acids is 2. The number of carbonyl (C=O) groups is 2. The summed E-state index contributed by atoms with van der Waals surface area (Å²) < 4.78 is 5.44. The van der Waals surface area contributed by atoms with E-state index < -0.39 is 6.04 Å². The molecular weight excluding hydrogens is 246 g/mol. The molecule has 6 heteroatoms. The van der Waals surface area contributed by atoms with Gasteiger partial charge >= 0.3 is 0 Å². The summed E-state index contributed by atoms with van der Waals surface area (Å²) in [5, 5.41) is 3.06. The molecular formula is C13H17N3O3. The summed E-state index contributed by atoms with van der Waals surface area (Å²) in [5.74, 6) is 1.17. The Morgan fingerprint density at radius 3 is 2.68 bits per heavy atom. The van der Waals surface area contributed by atoms with Gasteiger partial charge in [0, 0.05) is 6.04 Å². The van der Waals surface area contributed by atoms with Gasteiger partial charge in [-0.2, -0.15) is 0 Å². The SMILES string of the molecule is Cc1nc(CNC2CC(=O)N(C3CC3)C2=O)oc1C. The Hall–Kier alpha value is -1.69. The second kappa shape index (κ2) is 4.45. The van der Waals surface area contributed by atoms with Crippen LogP contribution in [0.3, 0.4) is 0 Å². The quantitative estimate of drug-likeness (QED) is 0.808. The fourth-order valence-electron chi connectivity index (χ4n) is 2.35. The number of nitrogens with one attached hydrogen (secondary N) is 1. The summed E-state index contributed by atoms with van der Waals surface area (Å²) >= 11 is 0. The van der Waals surface area contributed by atoms with Crippen molar-refractivity contribution in [3.05, 3.63) is 17.3 Å². The van der Waals surface area contributed by atoms with Crippen LogP contribution in [0.15, 0.2) is 4.42 Å². The van der Waals surface area contributed by atoms with Gasteiger partial charge in [0.1, 0.15) is 5.76 Å². The molecule has 0 bridgehead atoms. The van der Waals surface area contributed by atoms with Crippen molar-refractivity contribution in [1.82, 2.24) is 15.2 Å². The van der Waals surface area contributed by atoms with E-state index in [2.05, 4.69) is 10.3 Å². The normalized spacial score (nSPS) is 23.5. The fraction of sp³-hybridized carbons (Fsp3) is 0.615. The van der Waals surface area contributed by atoms with E-state index in [0.717, 1.165) is 24.3 Å². The smallest absolute Gasteiger partial charge is 0.247 e. The Labute approximate surface area is 111 Å². The molecule has 6 nitrogen and oxygen atoms in total. The molecule has 1 aliphatic carbocycles. The van der Waals surface area contributed by atoms with Gasteiger partial charge in [-0.05, 0) is 26.7 Å². The predicted octanol–water partition coefficient (Wildman–Crippen LogP) is 0.671. The third-order valence-corrected chi connectivity index (χ3v) is 3.67.